The third-order valence-electron chi connectivity index (χ3n) is 4.44. The van der Waals surface area contributed by atoms with Crippen molar-refractivity contribution in [3.63, 3.8) is 0 Å². The van der Waals surface area contributed by atoms with Crippen molar-refractivity contribution in [3.8, 4) is 0 Å². The number of amides is 1. The maximum Gasteiger partial charge on any atom is 0.261 e. The third kappa shape index (κ3) is 2.14. The molecule has 1 aliphatic heterocycles. The van der Waals surface area contributed by atoms with E-state index < -0.39 is 0 Å². The van der Waals surface area contributed by atoms with Gasteiger partial charge < -0.3 is 9.88 Å². The minimum absolute atomic E-state index is 0.194. The molecule has 2 heterocycles. The Kier molecular flexibility index (Phi) is 3.05. The molecule has 1 aliphatic rings. The van der Waals surface area contributed by atoms with Gasteiger partial charge in [-0.2, -0.15) is 0 Å². The maximum absolute atomic E-state index is 12.7. The Balaban J connectivity index is 1.82. The van der Waals surface area contributed by atoms with Gasteiger partial charge in [0.25, 0.3) is 5.91 Å². The van der Waals surface area contributed by atoms with E-state index in [0.29, 0.717) is 5.39 Å². The summed E-state index contributed by atoms with van der Waals surface area (Å²) in [5.41, 5.74) is 3.82. The van der Waals surface area contributed by atoms with Crippen LogP contribution in [0.15, 0.2) is 53.5 Å². The third-order valence-corrected chi connectivity index (χ3v) is 4.44. The fraction of sp³-hybridized carbons (Fsp3) is 0.158. The second-order valence-electron chi connectivity index (χ2n) is 5.90. The number of aromatic nitrogens is 1. The average Bonchev–Trinajstić information content (AvgIpc) is 2.97. The van der Waals surface area contributed by atoms with Crippen LogP contribution in [0.5, 0.6) is 0 Å². The number of hydrogen-bond donors (Lipinski definition) is 1. The molecule has 23 heavy (non-hydrogen) atoms. The standard InChI is InChI=1S/C19H16N2O2/c1-12-5-2-3-8-16(12)20-19(23)15-11-21-10-9-13-6-4-7-14(17(13)21)18(15)22/h2-8,11H,9-10H2,1H3,(H,20,23). The van der Waals surface area contributed by atoms with Gasteiger partial charge in [-0.1, -0.05) is 30.3 Å². The van der Waals surface area contributed by atoms with Crippen LogP contribution in [0.1, 0.15) is 21.5 Å². The number of carbonyl (C=O) groups excluding carboxylic acids is 1. The number of aryl methyl sites for hydroxylation is 3. The van der Waals surface area contributed by atoms with Crippen LogP contribution in [0.25, 0.3) is 10.9 Å². The van der Waals surface area contributed by atoms with E-state index in [1.807, 2.05) is 47.9 Å². The van der Waals surface area contributed by atoms with Gasteiger partial charge in [0.2, 0.25) is 5.43 Å². The van der Waals surface area contributed by atoms with Crippen LogP contribution in [0, 0.1) is 6.92 Å². The van der Waals surface area contributed by atoms with Crippen LogP contribution in [-0.2, 0) is 13.0 Å². The number of para-hydroxylation sites is 2. The first-order valence-electron chi connectivity index (χ1n) is 7.67. The summed E-state index contributed by atoms with van der Waals surface area (Å²) < 4.78 is 2.01. The predicted molar refractivity (Wildman–Crippen MR) is 91.0 cm³/mol. The molecule has 4 nitrogen and oxygen atoms in total. The molecule has 0 fully saturated rings. The molecule has 0 unspecified atom stereocenters. The van der Waals surface area contributed by atoms with E-state index in [0.717, 1.165) is 29.7 Å². The molecule has 1 N–H and O–H groups in total. The lowest BCUT2D eigenvalue weighted by atomic mass is 10.1. The predicted octanol–water partition coefficient (Wildman–Crippen LogP) is 3.12. The SMILES string of the molecule is Cc1ccccc1NC(=O)c1cn2c3c(cccc3c1=O)CC2. The van der Waals surface area contributed by atoms with E-state index >= 15 is 0 Å². The molecule has 0 saturated carbocycles. The quantitative estimate of drug-likeness (QED) is 0.791. The Labute approximate surface area is 133 Å². The molecule has 0 spiro atoms. The lowest BCUT2D eigenvalue weighted by Gasteiger charge is -2.10. The van der Waals surface area contributed by atoms with Crippen LogP contribution in [0.3, 0.4) is 0 Å². The summed E-state index contributed by atoms with van der Waals surface area (Å²) in [6.07, 6.45) is 2.59. The molecule has 1 aromatic heterocycles. The first-order chi connectivity index (χ1) is 11.1. The van der Waals surface area contributed by atoms with E-state index in [1.165, 1.54) is 5.56 Å². The first-order valence-corrected chi connectivity index (χ1v) is 7.67. The Morgan fingerprint density at radius 3 is 2.78 bits per heavy atom. The normalized spacial score (nSPS) is 12.6. The Bertz CT molecular complexity index is 1000. The van der Waals surface area contributed by atoms with Gasteiger partial charge in [0.15, 0.2) is 0 Å². The van der Waals surface area contributed by atoms with Crippen LogP contribution in [-0.4, -0.2) is 10.5 Å². The van der Waals surface area contributed by atoms with Gasteiger partial charge >= 0.3 is 0 Å². The smallest absolute Gasteiger partial charge is 0.261 e. The fourth-order valence-electron chi connectivity index (χ4n) is 3.22. The van der Waals surface area contributed by atoms with Crippen molar-refractivity contribution < 1.29 is 4.79 Å². The van der Waals surface area contributed by atoms with Gasteiger partial charge in [0.1, 0.15) is 5.56 Å². The summed E-state index contributed by atoms with van der Waals surface area (Å²) >= 11 is 0. The minimum atomic E-state index is -0.354. The fourth-order valence-corrected chi connectivity index (χ4v) is 3.22. The molecule has 0 radical (unpaired) electrons. The number of anilines is 1. The molecule has 114 valence electrons. The van der Waals surface area contributed by atoms with Crippen molar-refractivity contribution in [2.24, 2.45) is 0 Å². The van der Waals surface area contributed by atoms with Crippen LogP contribution in [0.4, 0.5) is 5.69 Å². The van der Waals surface area contributed by atoms with Crippen LogP contribution >= 0.6 is 0 Å². The Morgan fingerprint density at radius 2 is 1.96 bits per heavy atom. The molecule has 1 amide bonds. The second kappa shape index (κ2) is 5.09. The van der Waals surface area contributed by atoms with Gasteiger partial charge in [0, 0.05) is 23.8 Å². The van der Waals surface area contributed by atoms with Crippen molar-refractivity contribution in [1.29, 1.82) is 0 Å². The van der Waals surface area contributed by atoms with Crippen molar-refractivity contribution in [3.05, 3.63) is 75.6 Å². The summed E-state index contributed by atoms with van der Waals surface area (Å²) in [6.45, 7) is 2.73. The van der Waals surface area contributed by atoms with Gasteiger partial charge in [-0.3, -0.25) is 9.59 Å². The largest absolute Gasteiger partial charge is 0.346 e. The van der Waals surface area contributed by atoms with E-state index in [2.05, 4.69) is 5.32 Å². The first kappa shape index (κ1) is 13.8. The van der Waals surface area contributed by atoms with Crippen molar-refractivity contribution in [2.75, 3.05) is 5.32 Å². The number of hydrogen-bond acceptors (Lipinski definition) is 2. The lowest BCUT2D eigenvalue weighted by Crippen LogP contribution is -2.23. The summed E-state index contributed by atoms with van der Waals surface area (Å²) in [7, 11) is 0. The molecular weight excluding hydrogens is 288 g/mol. The highest BCUT2D eigenvalue weighted by Gasteiger charge is 2.20. The molecular formula is C19H16N2O2. The Hall–Kier alpha value is -2.88. The molecule has 0 bridgehead atoms. The number of benzene rings is 2. The molecule has 2 aromatic carbocycles. The van der Waals surface area contributed by atoms with Crippen LogP contribution in [0.2, 0.25) is 0 Å². The number of carbonyl (C=O) groups is 1. The zero-order valence-corrected chi connectivity index (χ0v) is 12.8. The van der Waals surface area contributed by atoms with E-state index in [4.69, 9.17) is 0 Å². The van der Waals surface area contributed by atoms with Crippen molar-refractivity contribution in [2.45, 2.75) is 19.9 Å². The Morgan fingerprint density at radius 1 is 1.13 bits per heavy atom. The maximum atomic E-state index is 12.7. The molecule has 3 aromatic rings. The summed E-state index contributed by atoms with van der Waals surface area (Å²) in [5.74, 6) is -0.354. The van der Waals surface area contributed by atoms with Crippen LogP contribution < -0.4 is 10.7 Å². The number of pyridine rings is 1. The van der Waals surface area contributed by atoms with Crippen molar-refractivity contribution >= 4 is 22.5 Å². The summed E-state index contributed by atoms with van der Waals surface area (Å²) in [5, 5.41) is 3.47. The second-order valence-corrected chi connectivity index (χ2v) is 5.90. The highest BCUT2D eigenvalue weighted by molar-refractivity contribution is 6.06. The summed E-state index contributed by atoms with van der Waals surface area (Å²) in [6, 6.07) is 13.3. The molecule has 4 rings (SSSR count). The lowest BCUT2D eigenvalue weighted by molar-refractivity contribution is 0.102. The molecule has 0 aliphatic carbocycles. The highest BCUT2D eigenvalue weighted by atomic mass is 16.2. The minimum Gasteiger partial charge on any atom is -0.346 e. The number of nitrogens with one attached hydrogen (secondary N) is 1. The van der Waals surface area contributed by atoms with Crippen molar-refractivity contribution in [1.82, 2.24) is 4.57 Å². The van der Waals surface area contributed by atoms with E-state index in [9.17, 15) is 9.59 Å². The number of rotatable bonds is 2. The summed E-state index contributed by atoms with van der Waals surface area (Å²) in [4.78, 5) is 25.3. The molecule has 0 saturated heterocycles. The zero-order valence-electron chi connectivity index (χ0n) is 12.8. The van der Waals surface area contributed by atoms with Gasteiger partial charge in [-0.25, -0.2) is 0 Å². The van der Waals surface area contributed by atoms with Gasteiger partial charge in [-0.15, -0.1) is 0 Å². The van der Waals surface area contributed by atoms with E-state index in [1.54, 1.807) is 12.3 Å². The molecule has 0 atom stereocenters. The van der Waals surface area contributed by atoms with Gasteiger partial charge in [-0.05, 0) is 36.6 Å². The zero-order chi connectivity index (χ0) is 16.0. The van der Waals surface area contributed by atoms with E-state index in [-0.39, 0.29) is 16.9 Å². The average molecular weight is 304 g/mol. The highest BCUT2D eigenvalue weighted by Crippen LogP contribution is 2.24. The monoisotopic (exact) mass is 304 g/mol. The number of nitrogens with zero attached hydrogens (tertiary/aromatic N) is 1. The topological polar surface area (TPSA) is 51.1 Å². The van der Waals surface area contributed by atoms with Gasteiger partial charge in [0.05, 0.1) is 5.52 Å². The molecule has 4 heteroatoms.